The lowest BCUT2D eigenvalue weighted by Gasteiger charge is -2.31. The number of hydrogen-bond acceptors (Lipinski definition) is 4. The lowest BCUT2D eigenvalue weighted by Crippen LogP contribution is -2.39. The molecule has 7 nitrogen and oxygen atoms in total. The summed E-state index contributed by atoms with van der Waals surface area (Å²) < 4.78 is 18.9. The van der Waals surface area contributed by atoms with Crippen molar-refractivity contribution in [3.05, 3.63) is 24.0 Å². The molecule has 1 unspecified atom stereocenters. The molecule has 0 spiro atoms. The van der Waals surface area contributed by atoms with E-state index >= 15 is 0 Å². The van der Waals surface area contributed by atoms with Gasteiger partial charge in [0.15, 0.2) is 0 Å². The molecule has 1 aromatic rings. The number of morpholine rings is 1. The third kappa shape index (κ3) is 4.58. The molecule has 0 aromatic heterocycles. The Kier molecular flexibility index (Phi) is 5.97. The minimum Gasteiger partial charge on any atom is -0.481 e. The zero-order valence-corrected chi connectivity index (χ0v) is 13.8. The van der Waals surface area contributed by atoms with Crippen LogP contribution in [0.25, 0.3) is 0 Å². The molecule has 1 atom stereocenters. The number of carboxylic acids is 1. The summed E-state index contributed by atoms with van der Waals surface area (Å²) in [5.41, 5.74) is 1.07. The maximum absolute atomic E-state index is 13.6. The molecule has 0 aliphatic carbocycles. The Balaban J connectivity index is 2.10. The number of carbonyl (C=O) groups is 2. The van der Waals surface area contributed by atoms with E-state index in [1.165, 1.54) is 37.1 Å². The van der Waals surface area contributed by atoms with Gasteiger partial charge >= 0.3 is 12.0 Å². The summed E-state index contributed by atoms with van der Waals surface area (Å²) in [4.78, 5) is 26.4. The smallest absolute Gasteiger partial charge is 0.321 e. The molecular formula is C16H22FN3O4. The van der Waals surface area contributed by atoms with Gasteiger partial charge in [0, 0.05) is 26.7 Å². The first-order valence-corrected chi connectivity index (χ1v) is 7.75. The molecule has 1 aliphatic heterocycles. The van der Waals surface area contributed by atoms with Crippen molar-refractivity contribution in [2.75, 3.05) is 50.1 Å². The molecule has 1 saturated heterocycles. The van der Waals surface area contributed by atoms with Crippen LogP contribution in [0.2, 0.25) is 0 Å². The number of nitrogens with one attached hydrogen (secondary N) is 1. The van der Waals surface area contributed by atoms with Crippen LogP contribution in [0.1, 0.15) is 6.92 Å². The second-order valence-electron chi connectivity index (χ2n) is 5.81. The lowest BCUT2D eigenvalue weighted by atomic mass is 10.2. The van der Waals surface area contributed by atoms with Crippen molar-refractivity contribution in [1.29, 1.82) is 0 Å². The van der Waals surface area contributed by atoms with E-state index in [4.69, 9.17) is 9.84 Å². The normalized spacial score (nSPS) is 15.7. The fourth-order valence-electron chi connectivity index (χ4n) is 2.46. The second kappa shape index (κ2) is 7.96. The summed E-state index contributed by atoms with van der Waals surface area (Å²) in [5.74, 6) is -2.03. The summed E-state index contributed by atoms with van der Waals surface area (Å²) in [7, 11) is 1.52. The maximum Gasteiger partial charge on any atom is 0.321 e. The Morgan fingerprint density at radius 3 is 2.71 bits per heavy atom. The average Bonchev–Trinajstić information content (AvgIpc) is 2.56. The topological polar surface area (TPSA) is 82.1 Å². The van der Waals surface area contributed by atoms with Crippen LogP contribution in [-0.2, 0) is 9.53 Å². The molecular weight excluding hydrogens is 317 g/mol. The molecule has 0 bridgehead atoms. The van der Waals surface area contributed by atoms with E-state index in [0.717, 1.165) is 0 Å². The van der Waals surface area contributed by atoms with E-state index in [9.17, 15) is 14.0 Å². The van der Waals surface area contributed by atoms with E-state index in [-0.39, 0.29) is 12.4 Å². The maximum atomic E-state index is 13.6. The van der Waals surface area contributed by atoms with Gasteiger partial charge in [0.2, 0.25) is 0 Å². The highest BCUT2D eigenvalue weighted by Crippen LogP contribution is 2.28. The SMILES string of the molecule is CC(CN(C)C(=O)Nc1ccc(F)cc1N1CCOCC1)C(=O)O. The molecule has 132 valence electrons. The van der Waals surface area contributed by atoms with E-state index in [1.807, 2.05) is 4.90 Å². The number of aliphatic carboxylic acids is 1. The van der Waals surface area contributed by atoms with Gasteiger partial charge in [-0.3, -0.25) is 4.79 Å². The van der Waals surface area contributed by atoms with Crippen molar-refractivity contribution in [2.45, 2.75) is 6.92 Å². The number of urea groups is 1. The van der Waals surface area contributed by atoms with Crippen LogP contribution in [0.15, 0.2) is 18.2 Å². The minimum absolute atomic E-state index is 0.0786. The molecule has 1 aromatic carbocycles. The highest BCUT2D eigenvalue weighted by Gasteiger charge is 2.20. The highest BCUT2D eigenvalue weighted by molar-refractivity contribution is 5.93. The summed E-state index contributed by atoms with van der Waals surface area (Å²) in [6.45, 7) is 3.91. The number of nitrogens with zero attached hydrogens (tertiary/aromatic N) is 2. The van der Waals surface area contributed by atoms with E-state index in [1.54, 1.807) is 0 Å². The van der Waals surface area contributed by atoms with Crippen LogP contribution in [0.3, 0.4) is 0 Å². The van der Waals surface area contributed by atoms with Crippen LogP contribution in [0.4, 0.5) is 20.6 Å². The van der Waals surface area contributed by atoms with Gasteiger partial charge in [-0.25, -0.2) is 9.18 Å². The number of carboxylic acid groups (broad SMARTS) is 1. The van der Waals surface area contributed by atoms with E-state index in [0.29, 0.717) is 37.7 Å². The predicted octanol–water partition coefficient (Wildman–Crippen LogP) is 1.85. The van der Waals surface area contributed by atoms with Crippen molar-refractivity contribution in [3.8, 4) is 0 Å². The van der Waals surface area contributed by atoms with Gasteiger partial charge in [0.1, 0.15) is 5.82 Å². The number of amides is 2. The molecule has 0 saturated carbocycles. The summed E-state index contributed by atoms with van der Waals surface area (Å²) in [5, 5.41) is 11.7. The average molecular weight is 339 g/mol. The quantitative estimate of drug-likeness (QED) is 0.855. The summed E-state index contributed by atoms with van der Waals surface area (Å²) in [6.07, 6.45) is 0. The Bertz CT molecular complexity index is 605. The molecule has 24 heavy (non-hydrogen) atoms. The molecule has 0 radical (unpaired) electrons. The van der Waals surface area contributed by atoms with Crippen molar-refractivity contribution in [3.63, 3.8) is 0 Å². The minimum atomic E-state index is -0.967. The molecule has 8 heteroatoms. The number of hydrogen-bond donors (Lipinski definition) is 2. The molecule has 2 N–H and O–H groups in total. The number of anilines is 2. The first-order chi connectivity index (χ1) is 11.4. The van der Waals surface area contributed by atoms with Crippen molar-refractivity contribution in [1.82, 2.24) is 4.90 Å². The summed E-state index contributed by atoms with van der Waals surface area (Å²) in [6, 6.07) is 3.72. The monoisotopic (exact) mass is 339 g/mol. The van der Waals surface area contributed by atoms with E-state index < -0.39 is 17.9 Å². The van der Waals surface area contributed by atoms with Crippen LogP contribution >= 0.6 is 0 Å². The van der Waals surface area contributed by atoms with Crippen molar-refractivity contribution < 1.29 is 23.8 Å². The van der Waals surface area contributed by atoms with Gasteiger partial charge in [0.25, 0.3) is 0 Å². The third-order valence-corrected chi connectivity index (χ3v) is 3.87. The zero-order valence-electron chi connectivity index (χ0n) is 13.8. The Labute approximate surface area is 140 Å². The second-order valence-corrected chi connectivity index (χ2v) is 5.81. The Hall–Kier alpha value is -2.35. The van der Waals surface area contributed by atoms with Crippen LogP contribution in [0.5, 0.6) is 0 Å². The molecule has 2 rings (SSSR count). The third-order valence-electron chi connectivity index (χ3n) is 3.87. The van der Waals surface area contributed by atoms with Gasteiger partial charge in [-0.15, -0.1) is 0 Å². The number of benzene rings is 1. The van der Waals surface area contributed by atoms with Gasteiger partial charge in [-0.1, -0.05) is 6.92 Å². The number of carbonyl (C=O) groups excluding carboxylic acids is 1. The van der Waals surface area contributed by atoms with Crippen LogP contribution in [0, 0.1) is 11.7 Å². The van der Waals surface area contributed by atoms with Crippen LogP contribution in [-0.4, -0.2) is 61.9 Å². The van der Waals surface area contributed by atoms with Gasteiger partial charge < -0.3 is 25.0 Å². The first kappa shape index (κ1) is 18.0. The Morgan fingerprint density at radius 2 is 2.08 bits per heavy atom. The van der Waals surface area contributed by atoms with Gasteiger partial charge in [0.05, 0.1) is 30.5 Å². The Morgan fingerprint density at radius 1 is 1.42 bits per heavy atom. The number of ether oxygens (including phenoxy) is 1. The number of halogens is 1. The standard InChI is InChI=1S/C16H22FN3O4/c1-11(15(21)22)10-19(2)16(23)18-13-4-3-12(17)9-14(13)20-5-7-24-8-6-20/h3-4,9,11H,5-8,10H2,1-2H3,(H,18,23)(H,21,22). The molecule has 1 heterocycles. The lowest BCUT2D eigenvalue weighted by molar-refractivity contribution is -0.141. The van der Waals surface area contributed by atoms with Crippen molar-refractivity contribution in [2.24, 2.45) is 5.92 Å². The zero-order chi connectivity index (χ0) is 17.7. The fraction of sp³-hybridized carbons (Fsp3) is 0.500. The van der Waals surface area contributed by atoms with E-state index in [2.05, 4.69) is 5.32 Å². The number of rotatable bonds is 5. The van der Waals surface area contributed by atoms with Crippen LogP contribution < -0.4 is 10.2 Å². The highest BCUT2D eigenvalue weighted by atomic mass is 19.1. The van der Waals surface area contributed by atoms with Gasteiger partial charge in [-0.05, 0) is 18.2 Å². The predicted molar refractivity (Wildman–Crippen MR) is 87.9 cm³/mol. The molecule has 1 aliphatic rings. The fourth-order valence-corrected chi connectivity index (χ4v) is 2.46. The summed E-state index contributed by atoms with van der Waals surface area (Å²) >= 11 is 0. The van der Waals surface area contributed by atoms with Gasteiger partial charge in [-0.2, -0.15) is 0 Å². The molecule has 2 amide bonds. The van der Waals surface area contributed by atoms with Crippen molar-refractivity contribution >= 4 is 23.4 Å². The first-order valence-electron chi connectivity index (χ1n) is 7.75. The molecule has 1 fully saturated rings. The largest absolute Gasteiger partial charge is 0.481 e.